The molecule has 2 rings (SSSR count). The highest BCUT2D eigenvalue weighted by molar-refractivity contribution is 5.10. The molecule has 0 aromatic carbocycles. The fourth-order valence-corrected chi connectivity index (χ4v) is 2.44. The van der Waals surface area contributed by atoms with Gasteiger partial charge in [-0.1, -0.05) is 6.07 Å². The summed E-state index contributed by atoms with van der Waals surface area (Å²) < 4.78 is 0. The van der Waals surface area contributed by atoms with Crippen molar-refractivity contribution in [3.05, 3.63) is 30.1 Å². The van der Waals surface area contributed by atoms with E-state index in [-0.39, 0.29) is 6.23 Å². The van der Waals surface area contributed by atoms with Crippen molar-refractivity contribution in [2.45, 2.75) is 31.4 Å². The Labute approximate surface area is 102 Å². The Bertz CT molecular complexity index is 323. The van der Waals surface area contributed by atoms with Gasteiger partial charge in [-0.3, -0.25) is 9.88 Å². The van der Waals surface area contributed by atoms with Crippen LogP contribution in [0.25, 0.3) is 0 Å². The molecule has 17 heavy (non-hydrogen) atoms. The zero-order valence-electron chi connectivity index (χ0n) is 10.1. The van der Waals surface area contributed by atoms with Crippen molar-refractivity contribution in [2.75, 3.05) is 19.6 Å². The van der Waals surface area contributed by atoms with Crippen molar-refractivity contribution >= 4 is 0 Å². The monoisotopic (exact) mass is 235 g/mol. The van der Waals surface area contributed by atoms with Crippen LogP contribution in [0.4, 0.5) is 0 Å². The van der Waals surface area contributed by atoms with E-state index < -0.39 is 0 Å². The van der Waals surface area contributed by atoms with Crippen LogP contribution in [0.5, 0.6) is 0 Å². The van der Waals surface area contributed by atoms with E-state index in [4.69, 9.17) is 5.73 Å². The first kappa shape index (κ1) is 12.5. The number of hydrogen-bond acceptors (Lipinski definition) is 4. The number of likely N-dealkylation sites (tertiary alicyclic amines) is 1. The molecule has 4 nitrogen and oxygen atoms in total. The summed E-state index contributed by atoms with van der Waals surface area (Å²) in [5, 5.41) is 9.86. The van der Waals surface area contributed by atoms with Crippen LogP contribution in [0.15, 0.2) is 24.4 Å². The highest BCUT2D eigenvalue weighted by atomic mass is 16.3. The second-order valence-corrected chi connectivity index (χ2v) is 4.62. The van der Waals surface area contributed by atoms with Crippen molar-refractivity contribution in [3.63, 3.8) is 0 Å². The van der Waals surface area contributed by atoms with Crippen molar-refractivity contribution in [2.24, 2.45) is 5.73 Å². The van der Waals surface area contributed by atoms with E-state index >= 15 is 0 Å². The highest BCUT2D eigenvalue weighted by Crippen LogP contribution is 2.27. The lowest BCUT2D eigenvalue weighted by Crippen LogP contribution is -2.41. The van der Waals surface area contributed by atoms with Gasteiger partial charge in [-0.05, 0) is 37.9 Å². The van der Waals surface area contributed by atoms with Gasteiger partial charge in [0.15, 0.2) is 0 Å². The quantitative estimate of drug-likeness (QED) is 0.815. The van der Waals surface area contributed by atoms with Crippen LogP contribution in [0.1, 0.15) is 30.9 Å². The third-order valence-corrected chi connectivity index (χ3v) is 3.48. The van der Waals surface area contributed by atoms with Gasteiger partial charge in [-0.2, -0.15) is 0 Å². The molecular formula is C13H21N3O. The Hall–Kier alpha value is -0.970. The van der Waals surface area contributed by atoms with Crippen LogP contribution in [0.2, 0.25) is 0 Å². The van der Waals surface area contributed by atoms with Gasteiger partial charge in [-0.25, -0.2) is 0 Å². The van der Waals surface area contributed by atoms with Gasteiger partial charge in [0.05, 0.1) is 0 Å². The van der Waals surface area contributed by atoms with Crippen molar-refractivity contribution in [1.82, 2.24) is 9.88 Å². The van der Waals surface area contributed by atoms with Crippen LogP contribution in [0, 0.1) is 0 Å². The van der Waals surface area contributed by atoms with Crippen molar-refractivity contribution in [3.8, 4) is 0 Å². The molecule has 3 N–H and O–H groups in total. The molecular weight excluding hydrogens is 214 g/mol. The maximum Gasteiger partial charge on any atom is 0.108 e. The molecule has 1 unspecified atom stereocenters. The van der Waals surface area contributed by atoms with Gasteiger partial charge >= 0.3 is 0 Å². The average molecular weight is 235 g/mol. The van der Waals surface area contributed by atoms with Crippen LogP contribution >= 0.6 is 0 Å². The smallest absolute Gasteiger partial charge is 0.108 e. The van der Waals surface area contributed by atoms with Gasteiger partial charge in [0.2, 0.25) is 0 Å². The van der Waals surface area contributed by atoms with Crippen molar-refractivity contribution in [1.29, 1.82) is 0 Å². The van der Waals surface area contributed by atoms with E-state index in [0.717, 1.165) is 25.9 Å². The topological polar surface area (TPSA) is 62.4 Å². The Morgan fingerprint density at radius 2 is 2.18 bits per heavy atom. The number of piperidine rings is 1. The number of nitrogens with two attached hydrogens (primary N) is 1. The fraction of sp³-hybridized carbons (Fsp3) is 0.615. The molecule has 0 radical (unpaired) electrons. The molecule has 1 aliphatic heterocycles. The van der Waals surface area contributed by atoms with Crippen LogP contribution in [-0.4, -0.2) is 40.9 Å². The summed E-state index contributed by atoms with van der Waals surface area (Å²) in [6.07, 6.45) is 4.28. The van der Waals surface area contributed by atoms with E-state index in [9.17, 15) is 5.11 Å². The lowest BCUT2D eigenvalue weighted by molar-refractivity contribution is -0.0148. The summed E-state index contributed by atoms with van der Waals surface area (Å²) in [5.41, 5.74) is 6.64. The van der Waals surface area contributed by atoms with Gasteiger partial charge in [-0.15, -0.1) is 0 Å². The first-order valence-electron chi connectivity index (χ1n) is 6.34. The van der Waals surface area contributed by atoms with Gasteiger partial charge < -0.3 is 10.8 Å². The molecule has 1 fully saturated rings. The number of aliphatic hydroxyl groups excluding tert-OH is 1. The lowest BCUT2D eigenvalue weighted by atomic mass is 9.93. The Morgan fingerprint density at radius 3 is 2.76 bits per heavy atom. The summed E-state index contributed by atoms with van der Waals surface area (Å²) in [6, 6.07) is 6.08. The minimum Gasteiger partial charge on any atom is -0.378 e. The summed E-state index contributed by atoms with van der Waals surface area (Å²) in [4.78, 5) is 6.52. The number of hydrogen-bond donors (Lipinski definition) is 2. The highest BCUT2D eigenvalue weighted by Gasteiger charge is 2.24. The fourth-order valence-electron chi connectivity index (χ4n) is 2.44. The minimum absolute atomic E-state index is 0.371. The molecule has 94 valence electrons. The number of aliphatic hydroxyl groups is 1. The van der Waals surface area contributed by atoms with Crippen LogP contribution in [-0.2, 0) is 0 Å². The zero-order chi connectivity index (χ0) is 12.1. The molecule has 1 aromatic rings. The van der Waals surface area contributed by atoms with E-state index in [1.54, 1.807) is 0 Å². The molecule has 1 aliphatic rings. The van der Waals surface area contributed by atoms with Gasteiger partial charge in [0.25, 0.3) is 0 Å². The van der Waals surface area contributed by atoms with Gasteiger partial charge in [0.1, 0.15) is 6.23 Å². The maximum absolute atomic E-state index is 9.86. The maximum atomic E-state index is 9.86. The number of nitrogens with zero attached hydrogens (tertiary/aromatic N) is 2. The Morgan fingerprint density at radius 1 is 1.41 bits per heavy atom. The Balaban J connectivity index is 1.86. The summed E-state index contributed by atoms with van der Waals surface area (Å²) in [5.74, 6) is 0.539. The molecule has 1 atom stereocenters. The predicted octanol–water partition coefficient (Wildman–Crippen LogP) is 0.928. The summed E-state index contributed by atoms with van der Waals surface area (Å²) in [7, 11) is 0. The molecule has 1 aromatic heterocycles. The molecule has 0 aliphatic carbocycles. The molecule has 0 saturated carbocycles. The second-order valence-electron chi connectivity index (χ2n) is 4.62. The van der Waals surface area contributed by atoms with Crippen molar-refractivity contribution < 1.29 is 5.11 Å². The molecule has 0 amide bonds. The summed E-state index contributed by atoms with van der Waals surface area (Å²) in [6.45, 7) is 2.41. The minimum atomic E-state index is -0.371. The van der Waals surface area contributed by atoms with Gasteiger partial charge in [0, 0.05) is 30.9 Å². The predicted molar refractivity (Wildman–Crippen MR) is 67.5 cm³/mol. The lowest BCUT2D eigenvalue weighted by Gasteiger charge is -2.34. The Kier molecular flexibility index (Phi) is 4.48. The number of pyridine rings is 1. The van der Waals surface area contributed by atoms with E-state index in [1.807, 2.05) is 18.3 Å². The molecule has 1 saturated heterocycles. The normalized spacial score (nSPS) is 20.4. The van der Waals surface area contributed by atoms with E-state index in [1.165, 1.54) is 5.69 Å². The first-order chi connectivity index (χ1) is 8.31. The van der Waals surface area contributed by atoms with Crippen LogP contribution in [0.3, 0.4) is 0 Å². The SMILES string of the molecule is NCCC(O)N1CCC(c2ccccn2)CC1. The van der Waals surface area contributed by atoms with E-state index in [2.05, 4.69) is 16.0 Å². The second kappa shape index (κ2) is 6.10. The number of rotatable bonds is 4. The average Bonchev–Trinajstić information content (AvgIpc) is 2.40. The van der Waals surface area contributed by atoms with E-state index in [0.29, 0.717) is 18.9 Å². The first-order valence-corrected chi connectivity index (χ1v) is 6.34. The molecule has 4 heteroatoms. The zero-order valence-corrected chi connectivity index (χ0v) is 10.1. The molecule has 0 bridgehead atoms. The standard InChI is InChI=1S/C13H21N3O/c14-7-4-13(17)16-9-5-11(6-10-16)12-3-1-2-8-15-12/h1-3,8,11,13,17H,4-7,9-10,14H2. The van der Waals surface area contributed by atoms with Crippen LogP contribution < -0.4 is 5.73 Å². The summed E-state index contributed by atoms with van der Waals surface area (Å²) >= 11 is 0. The third-order valence-electron chi connectivity index (χ3n) is 3.48. The molecule has 0 spiro atoms. The number of aromatic nitrogens is 1. The largest absolute Gasteiger partial charge is 0.378 e. The third kappa shape index (κ3) is 3.25. The molecule has 2 heterocycles.